The van der Waals surface area contributed by atoms with Gasteiger partial charge in [0.1, 0.15) is 0 Å². The molecule has 0 atom stereocenters. The highest BCUT2D eigenvalue weighted by atomic mass is 32.2. The van der Waals surface area contributed by atoms with E-state index >= 15 is 0 Å². The molecule has 0 radical (unpaired) electrons. The van der Waals surface area contributed by atoms with Gasteiger partial charge in [0, 0.05) is 9.14 Å². The highest BCUT2D eigenvalue weighted by Crippen LogP contribution is 2.25. The summed E-state index contributed by atoms with van der Waals surface area (Å²) in [6.07, 6.45) is 4.09. The first-order valence-corrected chi connectivity index (χ1v) is 5.42. The third kappa shape index (κ3) is 6.36. The molecule has 0 saturated heterocycles. The molecule has 0 fully saturated rings. The molecule has 0 amide bonds. The summed E-state index contributed by atoms with van der Waals surface area (Å²) in [6, 6.07) is 0. The van der Waals surface area contributed by atoms with E-state index in [1.165, 1.54) is 5.57 Å². The van der Waals surface area contributed by atoms with Gasteiger partial charge in [0.2, 0.25) is 0 Å². The van der Waals surface area contributed by atoms with Crippen molar-refractivity contribution in [1.82, 2.24) is 0 Å². The summed E-state index contributed by atoms with van der Waals surface area (Å²) in [6.45, 7) is 8.08. The van der Waals surface area contributed by atoms with Crippen LogP contribution in [0.25, 0.3) is 0 Å². The molecule has 0 aliphatic heterocycles. The Labute approximate surface area is 97.4 Å². The summed E-state index contributed by atoms with van der Waals surface area (Å²) in [5.74, 6) is 0. The van der Waals surface area contributed by atoms with E-state index in [9.17, 15) is 0 Å². The Morgan fingerprint density at radius 3 is 2.15 bits per heavy atom. The maximum atomic E-state index is 4.25. The highest BCUT2D eigenvalue weighted by Gasteiger charge is 1.99. The average Bonchev–Trinajstić information content (AvgIpc) is 2.02. The Morgan fingerprint density at radius 1 is 1.23 bits per heavy atom. The highest BCUT2D eigenvalue weighted by molar-refractivity contribution is 8.06. The summed E-state index contributed by atoms with van der Waals surface area (Å²) in [5.41, 5.74) is 2.32. The third-order valence-corrected chi connectivity index (χ3v) is 2.89. The normalized spacial score (nSPS) is 9.31. The maximum Gasteiger partial charge on any atom is 0.0476 e. The van der Waals surface area contributed by atoms with Crippen molar-refractivity contribution in [2.45, 2.75) is 26.7 Å². The molecule has 0 aliphatic rings. The largest absolute Gasteiger partial charge is 0.142 e. The fourth-order valence-electron chi connectivity index (χ4n) is 0.812. The van der Waals surface area contributed by atoms with Crippen LogP contribution in [0.3, 0.4) is 0 Å². The molecule has 0 aromatic heterocycles. The quantitative estimate of drug-likeness (QED) is 0.360. The summed E-state index contributed by atoms with van der Waals surface area (Å²) >= 11 is 12.4. The smallest absolute Gasteiger partial charge is 0.0476 e. The molecular weight excluding hydrogens is 216 g/mol. The van der Waals surface area contributed by atoms with Crippen LogP contribution in [0.5, 0.6) is 0 Å². The third-order valence-electron chi connectivity index (χ3n) is 1.55. The van der Waals surface area contributed by atoms with E-state index in [2.05, 4.69) is 64.4 Å². The Bertz CT molecular complexity index is 241. The zero-order valence-corrected chi connectivity index (χ0v) is 10.7. The molecule has 74 valence electrons. The SMILES string of the molecule is C=C(CCC=C(C)C)C(S)=C(S)S. The Balaban J connectivity index is 4.04. The van der Waals surface area contributed by atoms with Gasteiger partial charge in [-0.3, -0.25) is 0 Å². The van der Waals surface area contributed by atoms with E-state index in [4.69, 9.17) is 0 Å². The van der Waals surface area contributed by atoms with Crippen LogP contribution in [0, 0.1) is 0 Å². The summed E-state index contributed by atoms with van der Waals surface area (Å²) < 4.78 is 0.630. The van der Waals surface area contributed by atoms with Gasteiger partial charge in [0.05, 0.1) is 0 Å². The predicted molar refractivity (Wildman–Crippen MR) is 71.8 cm³/mol. The minimum absolute atomic E-state index is 0.630. The van der Waals surface area contributed by atoms with Gasteiger partial charge >= 0.3 is 0 Å². The summed E-state index contributed by atoms with van der Waals surface area (Å²) in [5, 5.41) is 0. The van der Waals surface area contributed by atoms with Crippen molar-refractivity contribution in [3.05, 3.63) is 32.9 Å². The first-order valence-electron chi connectivity index (χ1n) is 4.07. The van der Waals surface area contributed by atoms with Crippen LogP contribution in [0.4, 0.5) is 0 Å². The second-order valence-electron chi connectivity index (χ2n) is 3.10. The lowest BCUT2D eigenvalue weighted by molar-refractivity contribution is 0.995. The zero-order chi connectivity index (χ0) is 10.4. The van der Waals surface area contributed by atoms with E-state index in [1.807, 2.05) is 0 Å². The summed E-state index contributed by atoms with van der Waals surface area (Å²) in [4.78, 5) is 0.786. The molecular formula is C10H16S3. The van der Waals surface area contributed by atoms with Crippen molar-refractivity contribution in [2.24, 2.45) is 0 Å². The molecule has 0 heterocycles. The van der Waals surface area contributed by atoms with Gasteiger partial charge in [-0.2, -0.15) is 0 Å². The standard InChI is InChI=1S/C10H16S3/c1-7(2)5-4-6-8(3)9(11)10(12)13/h5,11-13H,3-4,6H2,1-2H3. The Hall–Kier alpha value is 0.270. The molecule has 0 N–H and O–H groups in total. The van der Waals surface area contributed by atoms with E-state index in [0.29, 0.717) is 4.24 Å². The first kappa shape index (κ1) is 13.3. The second kappa shape index (κ2) is 6.68. The minimum Gasteiger partial charge on any atom is -0.142 e. The lowest BCUT2D eigenvalue weighted by Gasteiger charge is -2.04. The summed E-state index contributed by atoms with van der Waals surface area (Å²) in [7, 11) is 0. The molecule has 0 aromatic rings. The van der Waals surface area contributed by atoms with Crippen molar-refractivity contribution in [3.8, 4) is 0 Å². The van der Waals surface area contributed by atoms with Crippen LogP contribution in [0.1, 0.15) is 26.7 Å². The van der Waals surface area contributed by atoms with Crippen molar-refractivity contribution in [1.29, 1.82) is 0 Å². The molecule has 0 unspecified atom stereocenters. The fraction of sp³-hybridized carbons (Fsp3) is 0.400. The zero-order valence-electron chi connectivity index (χ0n) is 8.04. The van der Waals surface area contributed by atoms with Crippen molar-refractivity contribution >= 4 is 37.9 Å². The van der Waals surface area contributed by atoms with Gasteiger partial charge in [-0.05, 0) is 32.3 Å². The van der Waals surface area contributed by atoms with Crippen LogP contribution in [0.15, 0.2) is 32.9 Å². The fourth-order valence-corrected chi connectivity index (χ4v) is 1.24. The van der Waals surface area contributed by atoms with Crippen LogP contribution in [-0.4, -0.2) is 0 Å². The van der Waals surface area contributed by atoms with Gasteiger partial charge in [-0.1, -0.05) is 18.2 Å². The van der Waals surface area contributed by atoms with E-state index in [1.54, 1.807) is 0 Å². The number of hydrogen-bond acceptors (Lipinski definition) is 3. The molecule has 0 rings (SSSR count). The lowest BCUT2D eigenvalue weighted by Crippen LogP contribution is -1.82. The van der Waals surface area contributed by atoms with Crippen LogP contribution in [0.2, 0.25) is 0 Å². The van der Waals surface area contributed by atoms with Gasteiger partial charge in [-0.15, -0.1) is 37.9 Å². The monoisotopic (exact) mass is 232 g/mol. The van der Waals surface area contributed by atoms with Gasteiger partial charge in [-0.25, -0.2) is 0 Å². The van der Waals surface area contributed by atoms with Crippen molar-refractivity contribution in [2.75, 3.05) is 0 Å². The van der Waals surface area contributed by atoms with Crippen molar-refractivity contribution in [3.63, 3.8) is 0 Å². The van der Waals surface area contributed by atoms with E-state index in [0.717, 1.165) is 23.3 Å². The Morgan fingerprint density at radius 2 is 1.77 bits per heavy atom. The minimum atomic E-state index is 0.630. The van der Waals surface area contributed by atoms with Crippen LogP contribution in [-0.2, 0) is 0 Å². The maximum absolute atomic E-state index is 4.25. The van der Waals surface area contributed by atoms with E-state index < -0.39 is 0 Å². The lowest BCUT2D eigenvalue weighted by atomic mass is 10.1. The Kier molecular flexibility index (Phi) is 6.82. The van der Waals surface area contributed by atoms with Gasteiger partial charge < -0.3 is 0 Å². The molecule has 0 spiro atoms. The molecule has 0 saturated carbocycles. The number of thiol groups is 3. The first-order chi connectivity index (χ1) is 5.95. The van der Waals surface area contributed by atoms with Crippen molar-refractivity contribution < 1.29 is 0 Å². The molecule has 0 aliphatic carbocycles. The van der Waals surface area contributed by atoms with E-state index in [-0.39, 0.29) is 0 Å². The average molecular weight is 232 g/mol. The molecule has 0 nitrogen and oxygen atoms in total. The topological polar surface area (TPSA) is 0 Å². The predicted octanol–water partition coefficient (Wildman–Crippen LogP) is 4.25. The van der Waals surface area contributed by atoms with Gasteiger partial charge in [0.25, 0.3) is 0 Å². The van der Waals surface area contributed by atoms with Crippen LogP contribution < -0.4 is 0 Å². The molecule has 13 heavy (non-hydrogen) atoms. The molecule has 0 bridgehead atoms. The van der Waals surface area contributed by atoms with Crippen LogP contribution >= 0.6 is 37.9 Å². The molecule has 0 aromatic carbocycles. The number of rotatable bonds is 4. The number of hydrogen-bond donors (Lipinski definition) is 3. The number of allylic oxidation sites excluding steroid dienone is 3. The van der Waals surface area contributed by atoms with Gasteiger partial charge in [0.15, 0.2) is 0 Å². The second-order valence-corrected chi connectivity index (χ2v) is 4.79. The molecule has 3 heteroatoms.